The Morgan fingerprint density at radius 3 is 2.38 bits per heavy atom. The van der Waals surface area contributed by atoms with Crippen LogP contribution in [0, 0.1) is 28.1 Å². The predicted molar refractivity (Wildman–Crippen MR) is 202 cm³/mol. The normalized spacial score (nSPS) is 38.9. The summed E-state index contributed by atoms with van der Waals surface area (Å²) in [4.78, 5) is 35.6. The molecular weight excluding hydrogens is 675 g/mol. The Morgan fingerprint density at radius 1 is 1.04 bits per heavy atom. The molecule has 3 N–H and O–H groups in total. The van der Waals surface area contributed by atoms with Crippen LogP contribution < -0.4 is 0 Å². The Balaban J connectivity index is 0.000000219. The highest BCUT2D eigenvalue weighted by Gasteiger charge is 2.80. The van der Waals surface area contributed by atoms with Crippen LogP contribution in [0.1, 0.15) is 107 Å². The monoisotopic (exact) mass is 734 g/mol. The Bertz CT molecular complexity index is 1740. The van der Waals surface area contributed by atoms with Crippen molar-refractivity contribution in [1.82, 2.24) is 0 Å². The van der Waals surface area contributed by atoms with Gasteiger partial charge in [0, 0.05) is 22.8 Å². The van der Waals surface area contributed by atoms with Gasteiger partial charge in [-0.3, -0.25) is 9.59 Å². The SMILES string of the molecule is CC1(C)O[C@@H]2C[C@H]3[C@@H]4CCC5=CC(=O)C=C[C@]5(C)[C@@]4(F)[C@@H](O)C[C@]3(C)[C@]2(C(=O)CO)O1.CC1=C(/C=C/C(C)=C/C=C/C(C)=C/C(=O)O)C(C)(C)CCC1. The van der Waals surface area contributed by atoms with Crippen LogP contribution >= 0.6 is 0 Å². The minimum atomic E-state index is -1.98. The minimum absolute atomic E-state index is 0.0109. The highest BCUT2D eigenvalue weighted by atomic mass is 19.1. The average Bonchev–Trinajstić information content (AvgIpc) is 3.46. The number of carboxylic acid groups (broad SMARTS) is 1. The number of alkyl halides is 1. The lowest BCUT2D eigenvalue weighted by molar-refractivity contribution is -0.246. The number of hydrogen-bond acceptors (Lipinski definition) is 7. The molecular formula is C44H59FO8. The van der Waals surface area contributed by atoms with Crippen LogP contribution in [0.4, 0.5) is 4.39 Å². The summed E-state index contributed by atoms with van der Waals surface area (Å²) in [7, 11) is 0. The summed E-state index contributed by atoms with van der Waals surface area (Å²) in [6.07, 6.45) is 19.0. The van der Waals surface area contributed by atoms with Gasteiger partial charge in [-0.15, -0.1) is 0 Å². The number of halogens is 1. The van der Waals surface area contributed by atoms with E-state index < -0.39 is 64.4 Å². The van der Waals surface area contributed by atoms with Crippen molar-refractivity contribution in [2.24, 2.45) is 28.1 Å². The number of aliphatic hydroxyl groups excluding tert-OH is 2. The summed E-state index contributed by atoms with van der Waals surface area (Å²) < 4.78 is 29.5. The first-order chi connectivity index (χ1) is 24.6. The lowest BCUT2D eigenvalue weighted by Gasteiger charge is -2.62. The van der Waals surface area contributed by atoms with Gasteiger partial charge in [0.05, 0.1) is 12.2 Å². The molecule has 0 spiro atoms. The summed E-state index contributed by atoms with van der Waals surface area (Å²) in [5.74, 6) is -3.37. The number of Topliss-reactive ketones (excluding diaryl/α,β-unsaturated/α-hetero) is 1. The van der Waals surface area contributed by atoms with Gasteiger partial charge in [0.15, 0.2) is 28.6 Å². The Kier molecular flexibility index (Phi) is 11.2. The zero-order valence-electron chi connectivity index (χ0n) is 32.9. The summed E-state index contributed by atoms with van der Waals surface area (Å²) in [6, 6.07) is 0. The third-order valence-corrected chi connectivity index (χ3v) is 13.3. The molecule has 290 valence electrons. The third-order valence-electron chi connectivity index (χ3n) is 13.3. The molecule has 9 heteroatoms. The number of rotatable bonds is 7. The molecule has 4 fully saturated rings. The van der Waals surface area contributed by atoms with E-state index in [-0.39, 0.29) is 23.5 Å². The van der Waals surface area contributed by atoms with Crippen molar-refractivity contribution in [2.75, 3.05) is 6.61 Å². The molecule has 0 aromatic rings. The lowest BCUT2D eigenvalue weighted by Crippen LogP contribution is -2.70. The van der Waals surface area contributed by atoms with Gasteiger partial charge in [-0.05, 0) is 121 Å². The second kappa shape index (κ2) is 14.4. The van der Waals surface area contributed by atoms with Crippen molar-refractivity contribution in [2.45, 2.75) is 137 Å². The number of ether oxygens (including phenoxy) is 2. The molecule has 1 aliphatic heterocycles. The van der Waals surface area contributed by atoms with Gasteiger partial charge in [-0.1, -0.05) is 73.9 Å². The Morgan fingerprint density at radius 2 is 1.74 bits per heavy atom. The van der Waals surface area contributed by atoms with Crippen molar-refractivity contribution in [3.63, 3.8) is 0 Å². The van der Waals surface area contributed by atoms with Crippen molar-refractivity contribution in [1.29, 1.82) is 0 Å². The van der Waals surface area contributed by atoms with Gasteiger partial charge in [0.1, 0.15) is 6.61 Å². The lowest BCUT2D eigenvalue weighted by atomic mass is 9.44. The largest absolute Gasteiger partial charge is 0.478 e. The van der Waals surface area contributed by atoms with Gasteiger partial charge in [-0.25, -0.2) is 9.18 Å². The number of carboxylic acids is 1. The molecule has 5 aliphatic carbocycles. The number of allylic oxidation sites excluding steroid dienone is 13. The van der Waals surface area contributed by atoms with E-state index in [9.17, 15) is 24.6 Å². The molecule has 0 aromatic heterocycles. The molecule has 0 amide bonds. The first-order valence-electron chi connectivity index (χ1n) is 19.1. The second-order valence-corrected chi connectivity index (χ2v) is 17.7. The maximum atomic E-state index is 17.1. The number of aliphatic carboxylic acids is 1. The number of hydrogen-bond donors (Lipinski definition) is 3. The maximum absolute atomic E-state index is 17.1. The molecule has 8 nitrogen and oxygen atoms in total. The van der Waals surface area contributed by atoms with Gasteiger partial charge in [-0.2, -0.15) is 0 Å². The summed E-state index contributed by atoms with van der Waals surface area (Å²) in [5, 5.41) is 29.8. The molecule has 0 radical (unpaired) electrons. The number of aliphatic hydroxyl groups is 2. The predicted octanol–water partition coefficient (Wildman–Crippen LogP) is 8.02. The Labute approximate surface area is 314 Å². The van der Waals surface area contributed by atoms with E-state index in [1.807, 2.05) is 19.1 Å². The van der Waals surface area contributed by atoms with Crippen LogP contribution in [0.2, 0.25) is 0 Å². The number of ketones is 2. The first-order valence-corrected chi connectivity index (χ1v) is 19.1. The molecule has 8 atom stereocenters. The van der Waals surface area contributed by atoms with Crippen LogP contribution in [0.15, 0.2) is 82.5 Å². The van der Waals surface area contributed by atoms with E-state index in [0.29, 0.717) is 19.3 Å². The van der Waals surface area contributed by atoms with Crippen molar-refractivity contribution in [3.8, 4) is 0 Å². The van der Waals surface area contributed by atoms with Crippen molar-refractivity contribution < 1.29 is 43.6 Å². The minimum Gasteiger partial charge on any atom is -0.478 e. The molecule has 0 unspecified atom stereocenters. The van der Waals surface area contributed by atoms with Crippen LogP contribution in [0.25, 0.3) is 0 Å². The van der Waals surface area contributed by atoms with Crippen molar-refractivity contribution in [3.05, 3.63) is 82.5 Å². The van der Waals surface area contributed by atoms with Crippen LogP contribution in [0.3, 0.4) is 0 Å². The van der Waals surface area contributed by atoms with E-state index in [4.69, 9.17) is 14.6 Å². The topological polar surface area (TPSA) is 130 Å². The van der Waals surface area contributed by atoms with E-state index in [0.717, 1.165) is 16.7 Å². The molecule has 0 aromatic carbocycles. The maximum Gasteiger partial charge on any atom is 0.328 e. The standard InChI is InChI=1S/C24H31FO6.C20H28O2/c1-20(2)30-19-10-16-15-6-5-13-9-14(27)7-8-21(13,3)23(15,25)17(28)11-22(16,4)24(19,31-20)18(29)12-26;1-15(8-6-9-16(2)14-19(21)22)11-12-18-17(3)10-7-13-20(18,4)5/h7-9,15-17,19,26,28H,5-6,10-12H2,1-4H3;6,8-9,11-12,14H,7,10,13H2,1-5H3,(H,21,22)/b;9-6+,12-11+,15-8+,16-14+/t15-,16-,17-,19+,21-,22-,23-,24+;/m0./s1. The quantitative estimate of drug-likeness (QED) is 0.177. The van der Waals surface area contributed by atoms with Crippen LogP contribution in [-0.2, 0) is 23.9 Å². The van der Waals surface area contributed by atoms with E-state index in [1.165, 1.54) is 48.6 Å². The fourth-order valence-corrected chi connectivity index (χ4v) is 10.8. The number of carbonyl (C=O) groups is 3. The van der Waals surface area contributed by atoms with Crippen molar-refractivity contribution >= 4 is 17.5 Å². The molecule has 0 bridgehead atoms. The molecule has 3 saturated carbocycles. The van der Waals surface area contributed by atoms with E-state index in [2.05, 4.69) is 39.8 Å². The summed E-state index contributed by atoms with van der Waals surface area (Å²) in [5.41, 5.74) is 0.435. The highest BCUT2D eigenvalue weighted by Crippen LogP contribution is 2.72. The van der Waals surface area contributed by atoms with Gasteiger partial charge in [0.2, 0.25) is 0 Å². The van der Waals surface area contributed by atoms with Crippen LogP contribution in [-0.4, -0.2) is 68.7 Å². The fourth-order valence-electron chi connectivity index (χ4n) is 10.8. The zero-order chi connectivity index (χ0) is 39.4. The second-order valence-electron chi connectivity index (χ2n) is 17.7. The average molecular weight is 735 g/mol. The smallest absolute Gasteiger partial charge is 0.328 e. The third kappa shape index (κ3) is 6.96. The highest BCUT2D eigenvalue weighted by molar-refractivity contribution is 6.01. The van der Waals surface area contributed by atoms with Crippen LogP contribution in [0.5, 0.6) is 0 Å². The Hall–Kier alpha value is -3.24. The van der Waals surface area contributed by atoms with E-state index in [1.54, 1.807) is 39.8 Å². The van der Waals surface area contributed by atoms with E-state index >= 15 is 4.39 Å². The van der Waals surface area contributed by atoms with Gasteiger partial charge >= 0.3 is 5.97 Å². The fraction of sp³-hybridized carbons (Fsp3) is 0.614. The van der Waals surface area contributed by atoms with Gasteiger partial charge < -0.3 is 24.8 Å². The number of carbonyl (C=O) groups excluding carboxylic acids is 2. The molecule has 6 aliphatic rings. The molecule has 1 saturated heterocycles. The summed E-state index contributed by atoms with van der Waals surface area (Å²) >= 11 is 0. The molecule has 53 heavy (non-hydrogen) atoms. The van der Waals surface area contributed by atoms with Gasteiger partial charge in [0.25, 0.3) is 0 Å². The zero-order valence-corrected chi connectivity index (χ0v) is 32.9. The number of fused-ring (bicyclic) bond motifs is 7. The summed E-state index contributed by atoms with van der Waals surface area (Å²) in [6.45, 7) is 17.1. The molecule has 6 rings (SSSR count). The molecule has 1 heterocycles. The first kappa shape index (κ1) is 40.9.